The van der Waals surface area contributed by atoms with Crippen molar-refractivity contribution >= 4 is 16.8 Å². The SMILES string of the molecule is CCn1c(=O)[nH]c2cc(C(=O)NC(c3cnn(C)c3)C(C)C)ccc2c1=O. The number of H-pyrrole nitrogens is 1. The molecule has 0 radical (unpaired) electrons. The number of aromatic amines is 1. The molecule has 0 aliphatic carbocycles. The third-order valence-electron chi connectivity index (χ3n) is 4.60. The van der Waals surface area contributed by atoms with Crippen molar-refractivity contribution in [2.75, 3.05) is 0 Å². The van der Waals surface area contributed by atoms with E-state index in [1.54, 1.807) is 29.9 Å². The Morgan fingerprint density at radius 3 is 2.63 bits per heavy atom. The van der Waals surface area contributed by atoms with Gasteiger partial charge in [-0.05, 0) is 31.0 Å². The van der Waals surface area contributed by atoms with Crippen molar-refractivity contribution in [2.24, 2.45) is 13.0 Å². The lowest BCUT2D eigenvalue weighted by Crippen LogP contribution is -2.34. The molecule has 1 unspecified atom stereocenters. The van der Waals surface area contributed by atoms with Crippen molar-refractivity contribution in [3.05, 3.63) is 62.6 Å². The standard InChI is InChI=1S/C19H23N5O3/c1-5-24-18(26)14-7-6-12(8-15(14)21-19(24)27)17(25)22-16(11(2)3)13-9-20-23(4)10-13/h6-11,16H,5H2,1-4H3,(H,21,27)(H,22,25). The third kappa shape index (κ3) is 3.55. The van der Waals surface area contributed by atoms with E-state index >= 15 is 0 Å². The van der Waals surface area contributed by atoms with Crippen molar-refractivity contribution in [1.82, 2.24) is 24.6 Å². The van der Waals surface area contributed by atoms with Gasteiger partial charge in [0.1, 0.15) is 0 Å². The largest absolute Gasteiger partial charge is 0.345 e. The molecule has 2 N–H and O–H groups in total. The van der Waals surface area contributed by atoms with Gasteiger partial charge >= 0.3 is 5.69 Å². The molecule has 1 aromatic carbocycles. The van der Waals surface area contributed by atoms with Crippen LogP contribution in [-0.2, 0) is 13.6 Å². The average Bonchev–Trinajstić information content (AvgIpc) is 3.05. The molecule has 3 aromatic rings. The van der Waals surface area contributed by atoms with E-state index in [1.807, 2.05) is 27.1 Å². The molecule has 0 saturated heterocycles. The lowest BCUT2D eigenvalue weighted by atomic mass is 9.98. The summed E-state index contributed by atoms with van der Waals surface area (Å²) in [6.07, 6.45) is 3.60. The number of aromatic nitrogens is 4. The van der Waals surface area contributed by atoms with Crippen LogP contribution in [0, 0.1) is 5.92 Å². The quantitative estimate of drug-likeness (QED) is 0.713. The third-order valence-corrected chi connectivity index (χ3v) is 4.60. The summed E-state index contributed by atoms with van der Waals surface area (Å²) in [7, 11) is 1.82. The van der Waals surface area contributed by atoms with Gasteiger partial charge in [0.05, 0.1) is 23.1 Å². The predicted molar refractivity (Wildman–Crippen MR) is 103 cm³/mol. The molecule has 2 heterocycles. The van der Waals surface area contributed by atoms with Crippen LogP contribution < -0.4 is 16.6 Å². The van der Waals surface area contributed by atoms with Gasteiger partial charge in [0, 0.05) is 30.9 Å². The highest BCUT2D eigenvalue weighted by molar-refractivity contribution is 5.97. The fourth-order valence-electron chi connectivity index (χ4n) is 3.14. The number of fused-ring (bicyclic) bond motifs is 1. The zero-order valence-electron chi connectivity index (χ0n) is 15.8. The number of amides is 1. The van der Waals surface area contributed by atoms with Crippen LogP contribution >= 0.6 is 0 Å². The summed E-state index contributed by atoms with van der Waals surface area (Å²) >= 11 is 0. The number of carbonyl (C=O) groups excluding carboxylic acids is 1. The van der Waals surface area contributed by atoms with Crippen molar-refractivity contribution in [1.29, 1.82) is 0 Å². The summed E-state index contributed by atoms with van der Waals surface area (Å²) in [6, 6.07) is 4.50. The van der Waals surface area contributed by atoms with E-state index in [4.69, 9.17) is 0 Å². The molecule has 8 nitrogen and oxygen atoms in total. The molecular formula is C19H23N5O3. The highest BCUT2D eigenvalue weighted by atomic mass is 16.2. The van der Waals surface area contributed by atoms with E-state index in [-0.39, 0.29) is 30.0 Å². The van der Waals surface area contributed by atoms with E-state index in [1.165, 1.54) is 6.07 Å². The Kier molecular flexibility index (Phi) is 4.98. The molecule has 0 spiro atoms. The predicted octanol–water partition coefficient (Wildman–Crippen LogP) is 1.57. The summed E-state index contributed by atoms with van der Waals surface area (Å²) in [6.45, 7) is 6.05. The van der Waals surface area contributed by atoms with Gasteiger partial charge in [-0.1, -0.05) is 13.8 Å². The summed E-state index contributed by atoms with van der Waals surface area (Å²) in [4.78, 5) is 39.8. The Morgan fingerprint density at radius 2 is 2.04 bits per heavy atom. The molecule has 1 atom stereocenters. The normalized spacial score (nSPS) is 12.5. The summed E-state index contributed by atoms with van der Waals surface area (Å²) in [5.74, 6) is -0.116. The molecule has 0 fully saturated rings. The molecule has 2 aromatic heterocycles. The van der Waals surface area contributed by atoms with Crippen LogP contribution in [0.5, 0.6) is 0 Å². The van der Waals surface area contributed by atoms with Crippen LogP contribution in [0.25, 0.3) is 10.9 Å². The fourth-order valence-corrected chi connectivity index (χ4v) is 3.14. The topological polar surface area (TPSA) is 102 Å². The first-order chi connectivity index (χ1) is 12.8. The number of nitrogens with zero attached hydrogens (tertiary/aromatic N) is 3. The van der Waals surface area contributed by atoms with E-state index in [9.17, 15) is 14.4 Å². The minimum Gasteiger partial charge on any atom is -0.345 e. The van der Waals surface area contributed by atoms with Crippen molar-refractivity contribution in [3.63, 3.8) is 0 Å². The molecule has 0 saturated carbocycles. The van der Waals surface area contributed by atoms with E-state index in [0.29, 0.717) is 16.5 Å². The first kappa shape index (κ1) is 18.6. The lowest BCUT2D eigenvalue weighted by molar-refractivity contribution is 0.0925. The van der Waals surface area contributed by atoms with Gasteiger partial charge in [0.15, 0.2) is 0 Å². The first-order valence-electron chi connectivity index (χ1n) is 8.88. The average molecular weight is 369 g/mol. The summed E-state index contributed by atoms with van der Waals surface area (Å²) in [5.41, 5.74) is 0.800. The van der Waals surface area contributed by atoms with Crippen LogP contribution in [-0.4, -0.2) is 25.2 Å². The number of rotatable bonds is 5. The van der Waals surface area contributed by atoms with Crippen molar-refractivity contribution in [2.45, 2.75) is 33.4 Å². The van der Waals surface area contributed by atoms with Gasteiger partial charge in [0.25, 0.3) is 11.5 Å². The minimum atomic E-state index is -0.483. The second-order valence-electron chi connectivity index (χ2n) is 6.88. The van der Waals surface area contributed by atoms with E-state index in [2.05, 4.69) is 15.4 Å². The van der Waals surface area contributed by atoms with Crippen LogP contribution in [0.4, 0.5) is 0 Å². The molecule has 3 rings (SSSR count). The van der Waals surface area contributed by atoms with E-state index < -0.39 is 5.69 Å². The smallest absolute Gasteiger partial charge is 0.328 e. The summed E-state index contributed by atoms with van der Waals surface area (Å²) in [5, 5.41) is 7.55. The maximum Gasteiger partial charge on any atom is 0.328 e. The van der Waals surface area contributed by atoms with Crippen LogP contribution in [0.2, 0.25) is 0 Å². The number of nitrogens with one attached hydrogen (secondary N) is 2. The molecule has 27 heavy (non-hydrogen) atoms. The number of carbonyl (C=O) groups is 1. The van der Waals surface area contributed by atoms with Gasteiger partial charge in [-0.15, -0.1) is 0 Å². The highest BCUT2D eigenvalue weighted by Crippen LogP contribution is 2.22. The van der Waals surface area contributed by atoms with Crippen LogP contribution in [0.1, 0.15) is 42.7 Å². The maximum absolute atomic E-state index is 12.8. The zero-order valence-corrected chi connectivity index (χ0v) is 15.8. The van der Waals surface area contributed by atoms with E-state index in [0.717, 1.165) is 10.1 Å². The fraction of sp³-hybridized carbons (Fsp3) is 0.368. The number of aryl methyl sites for hydroxylation is 1. The van der Waals surface area contributed by atoms with Crippen molar-refractivity contribution < 1.29 is 4.79 Å². The Balaban J connectivity index is 1.95. The maximum atomic E-state index is 12.8. The minimum absolute atomic E-state index is 0.162. The Morgan fingerprint density at radius 1 is 1.30 bits per heavy atom. The molecule has 8 heteroatoms. The second kappa shape index (κ2) is 7.22. The molecule has 1 amide bonds. The molecule has 142 valence electrons. The molecule has 0 aliphatic rings. The number of benzene rings is 1. The number of hydrogen-bond donors (Lipinski definition) is 2. The molecule has 0 aliphatic heterocycles. The first-order valence-corrected chi connectivity index (χ1v) is 8.88. The van der Waals surface area contributed by atoms with Gasteiger partial charge in [0.2, 0.25) is 0 Å². The zero-order chi connectivity index (χ0) is 19.7. The lowest BCUT2D eigenvalue weighted by Gasteiger charge is -2.21. The Hall–Kier alpha value is -3.16. The van der Waals surface area contributed by atoms with Gasteiger partial charge in [-0.25, -0.2) is 4.79 Å². The van der Waals surface area contributed by atoms with Crippen LogP contribution in [0.15, 0.2) is 40.2 Å². The Labute approximate surface area is 155 Å². The van der Waals surface area contributed by atoms with Crippen LogP contribution in [0.3, 0.4) is 0 Å². The molecule has 0 bridgehead atoms. The van der Waals surface area contributed by atoms with Gasteiger partial charge < -0.3 is 10.3 Å². The highest BCUT2D eigenvalue weighted by Gasteiger charge is 2.21. The van der Waals surface area contributed by atoms with Gasteiger partial charge in [-0.3, -0.25) is 18.8 Å². The Bertz CT molecular complexity index is 1110. The second-order valence-corrected chi connectivity index (χ2v) is 6.88. The molecular weight excluding hydrogens is 346 g/mol. The number of hydrogen-bond acceptors (Lipinski definition) is 4. The summed E-state index contributed by atoms with van der Waals surface area (Å²) < 4.78 is 2.82. The van der Waals surface area contributed by atoms with Crippen molar-refractivity contribution in [3.8, 4) is 0 Å². The monoisotopic (exact) mass is 369 g/mol. The van der Waals surface area contributed by atoms with Gasteiger partial charge in [-0.2, -0.15) is 5.10 Å².